The van der Waals surface area contributed by atoms with Gasteiger partial charge in [0, 0.05) is 17.9 Å². The third kappa shape index (κ3) is 4.56. The number of ether oxygens (including phenoxy) is 2. The van der Waals surface area contributed by atoms with Gasteiger partial charge < -0.3 is 19.6 Å². The van der Waals surface area contributed by atoms with Crippen molar-refractivity contribution in [2.75, 3.05) is 6.61 Å². The van der Waals surface area contributed by atoms with Gasteiger partial charge in [0.05, 0.1) is 6.61 Å². The van der Waals surface area contributed by atoms with Crippen LogP contribution in [0.1, 0.15) is 28.8 Å². The van der Waals surface area contributed by atoms with Gasteiger partial charge in [-0.3, -0.25) is 9.59 Å². The third-order valence-electron chi connectivity index (χ3n) is 4.08. The van der Waals surface area contributed by atoms with Gasteiger partial charge >= 0.3 is 11.6 Å². The molecular formula is C21H19NO6. The van der Waals surface area contributed by atoms with E-state index in [2.05, 4.69) is 0 Å². The van der Waals surface area contributed by atoms with E-state index < -0.39 is 17.5 Å². The van der Waals surface area contributed by atoms with Crippen molar-refractivity contribution in [1.82, 2.24) is 0 Å². The number of primary amides is 1. The molecule has 1 amide bonds. The molecule has 3 rings (SSSR count). The number of nitrogens with two attached hydrogens (primary N) is 1. The van der Waals surface area contributed by atoms with E-state index in [1.54, 1.807) is 12.1 Å². The summed E-state index contributed by atoms with van der Waals surface area (Å²) in [6.45, 7) is 2.34. The van der Waals surface area contributed by atoms with E-state index in [0.29, 0.717) is 18.4 Å². The molecule has 0 unspecified atom stereocenters. The smallest absolute Gasteiger partial charge is 0.349 e. The van der Waals surface area contributed by atoms with Crippen LogP contribution >= 0.6 is 0 Å². The molecule has 3 aromatic rings. The van der Waals surface area contributed by atoms with Crippen molar-refractivity contribution >= 4 is 22.8 Å². The lowest BCUT2D eigenvalue weighted by atomic mass is 10.2. The summed E-state index contributed by atoms with van der Waals surface area (Å²) >= 11 is 0. The molecule has 0 aliphatic carbocycles. The number of para-hydroxylation sites is 1. The molecule has 0 saturated carbocycles. The Hall–Kier alpha value is -3.61. The zero-order valence-corrected chi connectivity index (χ0v) is 15.3. The van der Waals surface area contributed by atoms with Crippen LogP contribution in [0.4, 0.5) is 0 Å². The van der Waals surface area contributed by atoms with Crippen molar-refractivity contribution in [3.8, 4) is 11.5 Å². The summed E-state index contributed by atoms with van der Waals surface area (Å²) in [5.41, 5.74) is 5.29. The quantitative estimate of drug-likeness (QED) is 0.292. The fraction of sp³-hybridized carbons (Fsp3) is 0.190. The van der Waals surface area contributed by atoms with E-state index in [4.69, 9.17) is 19.6 Å². The van der Waals surface area contributed by atoms with Crippen molar-refractivity contribution in [3.05, 3.63) is 70.1 Å². The van der Waals surface area contributed by atoms with Crippen LogP contribution < -0.4 is 20.8 Å². The second kappa shape index (κ2) is 8.39. The number of rotatable bonds is 7. The second-order valence-corrected chi connectivity index (χ2v) is 6.20. The van der Waals surface area contributed by atoms with Gasteiger partial charge in [0.1, 0.15) is 22.6 Å². The first-order valence-corrected chi connectivity index (χ1v) is 8.71. The van der Waals surface area contributed by atoms with Crippen LogP contribution in [0, 0.1) is 6.92 Å². The highest BCUT2D eigenvalue weighted by Crippen LogP contribution is 2.21. The minimum atomic E-state index is -0.862. The molecule has 7 nitrogen and oxygen atoms in total. The maximum absolute atomic E-state index is 12.0. The molecular weight excluding hydrogens is 362 g/mol. The van der Waals surface area contributed by atoms with Crippen LogP contribution in [-0.4, -0.2) is 18.5 Å². The maximum atomic E-state index is 12.0. The SMILES string of the molecule is Cc1ccccc1OCCCC(=O)Oc1ccc2cc(C(N)=O)c(=O)oc2c1. The molecule has 2 aromatic carbocycles. The number of hydrogen-bond acceptors (Lipinski definition) is 6. The molecule has 0 bridgehead atoms. The monoisotopic (exact) mass is 381 g/mol. The summed E-state index contributed by atoms with van der Waals surface area (Å²) in [5.74, 6) is -0.258. The molecule has 0 spiro atoms. The van der Waals surface area contributed by atoms with Crippen LogP contribution in [0.3, 0.4) is 0 Å². The van der Waals surface area contributed by atoms with Gasteiger partial charge in [-0.15, -0.1) is 0 Å². The highest BCUT2D eigenvalue weighted by molar-refractivity contribution is 5.95. The molecule has 0 radical (unpaired) electrons. The molecule has 0 aliphatic heterocycles. The number of amides is 1. The summed E-state index contributed by atoms with van der Waals surface area (Å²) in [5, 5.41) is 0.500. The van der Waals surface area contributed by atoms with E-state index in [-0.39, 0.29) is 23.3 Å². The first-order valence-electron chi connectivity index (χ1n) is 8.71. The summed E-state index contributed by atoms with van der Waals surface area (Å²) < 4.78 is 16.0. The van der Waals surface area contributed by atoms with Gasteiger partial charge in [0.2, 0.25) is 0 Å². The van der Waals surface area contributed by atoms with E-state index >= 15 is 0 Å². The van der Waals surface area contributed by atoms with Crippen molar-refractivity contribution in [1.29, 1.82) is 0 Å². The lowest BCUT2D eigenvalue weighted by Crippen LogP contribution is -2.20. The molecule has 7 heteroatoms. The van der Waals surface area contributed by atoms with E-state index in [1.807, 2.05) is 31.2 Å². The van der Waals surface area contributed by atoms with Crippen LogP contribution in [0.2, 0.25) is 0 Å². The first kappa shape index (κ1) is 19.2. The molecule has 144 valence electrons. The van der Waals surface area contributed by atoms with Crippen molar-refractivity contribution < 1.29 is 23.5 Å². The van der Waals surface area contributed by atoms with Crippen LogP contribution in [0.25, 0.3) is 11.0 Å². The van der Waals surface area contributed by atoms with E-state index in [9.17, 15) is 14.4 Å². The number of carbonyl (C=O) groups is 2. The second-order valence-electron chi connectivity index (χ2n) is 6.20. The Kier molecular flexibility index (Phi) is 5.74. The Morgan fingerprint density at radius 2 is 1.89 bits per heavy atom. The standard InChI is InChI=1S/C21H19NO6/c1-13-5-2-3-6-17(13)26-10-4-7-19(23)27-15-9-8-14-11-16(20(22)24)21(25)28-18(14)12-15/h2-3,5-6,8-9,11-12H,4,7,10H2,1H3,(H2,22,24). The topological polar surface area (TPSA) is 109 Å². The minimum absolute atomic E-state index is 0.175. The Bertz CT molecular complexity index is 1090. The Morgan fingerprint density at radius 1 is 1.11 bits per heavy atom. The zero-order chi connectivity index (χ0) is 20.1. The minimum Gasteiger partial charge on any atom is -0.493 e. The van der Waals surface area contributed by atoms with E-state index in [0.717, 1.165) is 11.3 Å². The zero-order valence-electron chi connectivity index (χ0n) is 15.3. The van der Waals surface area contributed by atoms with Gasteiger partial charge in [-0.25, -0.2) is 4.79 Å². The summed E-state index contributed by atoms with van der Waals surface area (Å²) in [4.78, 5) is 34.9. The molecule has 1 heterocycles. The third-order valence-corrected chi connectivity index (χ3v) is 4.08. The molecule has 1 aromatic heterocycles. The highest BCUT2D eigenvalue weighted by Gasteiger charge is 2.12. The molecule has 0 atom stereocenters. The number of benzene rings is 2. The van der Waals surface area contributed by atoms with E-state index in [1.165, 1.54) is 12.1 Å². The number of carbonyl (C=O) groups excluding carboxylic acids is 2. The van der Waals surface area contributed by atoms with Gasteiger partial charge in [-0.2, -0.15) is 0 Å². The number of fused-ring (bicyclic) bond motifs is 1. The average molecular weight is 381 g/mol. The van der Waals surface area contributed by atoms with Crippen LogP contribution in [-0.2, 0) is 4.79 Å². The number of hydrogen-bond donors (Lipinski definition) is 1. The lowest BCUT2D eigenvalue weighted by Gasteiger charge is -2.09. The lowest BCUT2D eigenvalue weighted by molar-refractivity contribution is -0.134. The molecule has 0 aliphatic rings. The normalized spacial score (nSPS) is 10.6. The van der Waals surface area contributed by atoms with Crippen LogP contribution in [0.15, 0.2) is 57.7 Å². The van der Waals surface area contributed by atoms with Crippen molar-refractivity contribution in [3.63, 3.8) is 0 Å². The van der Waals surface area contributed by atoms with Gasteiger partial charge in [0.15, 0.2) is 0 Å². The van der Waals surface area contributed by atoms with Crippen molar-refractivity contribution in [2.24, 2.45) is 5.73 Å². The number of aryl methyl sites for hydroxylation is 1. The van der Waals surface area contributed by atoms with Crippen LogP contribution in [0.5, 0.6) is 11.5 Å². The fourth-order valence-electron chi connectivity index (χ4n) is 2.63. The average Bonchev–Trinajstić information content (AvgIpc) is 2.65. The summed E-state index contributed by atoms with van der Waals surface area (Å²) in [6, 6.07) is 13.5. The van der Waals surface area contributed by atoms with Gasteiger partial charge in [-0.05, 0) is 43.2 Å². The molecule has 2 N–H and O–H groups in total. The van der Waals surface area contributed by atoms with Gasteiger partial charge in [-0.1, -0.05) is 18.2 Å². The predicted molar refractivity (Wildman–Crippen MR) is 103 cm³/mol. The highest BCUT2D eigenvalue weighted by atomic mass is 16.5. The first-order chi connectivity index (χ1) is 13.4. The van der Waals surface area contributed by atoms with Crippen molar-refractivity contribution in [2.45, 2.75) is 19.8 Å². The predicted octanol–water partition coefficient (Wildman–Crippen LogP) is 2.96. The fourth-order valence-corrected chi connectivity index (χ4v) is 2.63. The maximum Gasteiger partial charge on any atom is 0.349 e. The summed E-state index contributed by atoms with van der Waals surface area (Å²) in [6.07, 6.45) is 0.673. The Labute approximate surface area is 160 Å². The molecule has 0 saturated heterocycles. The number of esters is 1. The summed E-state index contributed by atoms with van der Waals surface area (Å²) in [7, 11) is 0. The van der Waals surface area contributed by atoms with Gasteiger partial charge in [0.25, 0.3) is 5.91 Å². The Balaban J connectivity index is 1.57. The Morgan fingerprint density at radius 3 is 2.64 bits per heavy atom. The largest absolute Gasteiger partial charge is 0.493 e. The molecule has 28 heavy (non-hydrogen) atoms. The molecule has 0 fully saturated rings.